The zero-order valence-electron chi connectivity index (χ0n) is 11.2. The van der Waals surface area contributed by atoms with E-state index in [4.69, 9.17) is 11.6 Å². The van der Waals surface area contributed by atoms with Crippen LogP contribution < -0.4 is 0 Å². The first kappa shape index (κ1) is 16.2. The van der Waals surface area contributed by atoms with E-state index < -0.39 is 17.5 Å². The van der Waals surface area contributed by atoms with Gasteiger partial charge in [0.2, 0.25) is 0 Å². The fraction of sp³-hybridized carbons (Fsp3) is 0.286. The lowest BCUT2D eigenvalue weighted by Gasteiger charge is -2.10. The maximum absolute atomic E-state index is 13.3. The van der Waals surface area contributed by atoms with Crippen molar-refractivity contribution in [1.29, 1.82) is 0 Å². The molecule has 0 amide bonds. The van der Waals surface area contributed by atoms with Crippen LogP contribution in [0.3, 0.4) is 0 Å². The van der Waals surface area contributed by atoms with Crippen molar-refractivity contribution in [2.24, 2.45) is 5.92 Å². The first-order valence-electron chi connectivity index (χ1n) is 6.16. The standard InChI is InChI=1S/C14H11BrClF3N2/c1-6(2)3-10-11(15)13(16)21-14(20-10)7-4-8(17)12(19)9(18)5-7/h4-6H,3H2,1-2H3. The van der Waals surface area contributed by atoms with Crippen LogP contribution in [0.5, 0.6) is 0 Å². The van der Waals surface area contributed by atoms with Gasteiger partial charge in [0.1, 0.15) is 5.15 Å². The van der Waals surface area contributed by atoms with Gasteiger partial charge in [-0.2, -0.15) is 0 Å². The van der Waals surface area contributed by atoms with Gasteiger partial charge in [0.25, 0.3) is 0 Å². The van der Waals surface area contributed by atoms with Crippen LogP contribution in [0.25, 0.3) is 11.4 Å². The molecule has 112 valence electrons. The second-order valence-electron chi connectivity index (χ2n) is 4.95. The molecule has 0 aliphatic carbocycles. The summed E-state index contributed by atoms with van der Waals surface area (Å²) in [6.07, 6.45) is 0.613. The summed E-state index contributed by atoms with van der Waals surface area (Å²) in [7, 11) is 0. The molecule has 1 aromatic heterocycles. The number of rotatable bonds is 3. The summed E-state index contributed by atoms with van der Waals surface area (Å²) in [5.74, 6) is -3.75. The van der Waals surface area contributed by atoms with E-state index >= 15 is 0 Å². The number of aromatic nitrogens is 2. The fourth-order valence-electron chi connectivity index (χ4n) is 1.80. The summed E-state index contributed by atoms with van der Waals surface area (Å²) >= 11 is 9.29. The van der Waals surface area contributed by atoms with Crippen LogP contribution in [-0.4, -0.2) is 9.97 Å². The van der Waals surface area contributed by atoms with Crippen LogP contribution in [0.2, 0.25) is 5.15 Å². The van der Waals surface area contributed by atoms with Gasteiger partial charge in [-0.15, -0.1) is 0 Å². The second kappa shape index (κ2) is 6.32. The Kier molecular flexibility index (Phi) is 4.88. The minimum atomic E-state index is -1.52. The van der Waals surface area contributed by atoms with Crippen molar-refractivity contribution in [3.63, 3.8) is 0 Å². The van der Waals surface area contributed by atoms with E-state index in [9.17, 15) is 13.2 Å². The van der Waals surface area contributed by atoms with Crippen LogP contribution in [-0.2, 0) is 6.42 Å². The second-order valence-corrected chi connectivity index (χ2v) is 6.10. The number of halogens is 5. The van der Waals surface area contributed by atoms with Crippen molar-refractivity contribution in [2.75, 3.05) is 0 Å². The highest BCUT2D eigenvalue weighted by atomic mass is 79.9. The van der Waals surface area contributed by atoms with Crippen LogP contribution in [0, 0.1) is 23.4 Å². The summed E-state index contributed by atoms with van der Waals surface area (Å²) in [6, 6.07) is 1.69. The largest absolute Gasteiger partial charge is 0.232 e. The third-order valence-corrected chi connectivity index (χ3v) is 4.06. The summed E-state index contributed by atoms with van der Waals surface area (Å²) in [4.78, 5) is 8.23. The molecule has 0 aliphatic rings. The van der Waals surface area contributed by atoms with Crippen LogP contribution in [0.1, 0.15) is 19.5 Å². The van der Waals surface area contributed by atoms with E-state index in [1.807, 2.05) is 13.8 Å². The van der Waals surface area contributed by atoms with E-state index in [2.05, 4.69) is 25.9 Å². The molecular weight excluding hydrogens is 369 g/mol. The Bertz CT molecular complexity index is 669. The fourth-order valence-corrected chi connectivity index (χ4v) is 2.33. The summed E-state index contributed by atoms with van der Waals surface area (Å²) in [6.45, 7) is 4.00. The SMILES string of the molecule is CC(C)Cc1nc(-c2cc(F)c(F)c(F)c2)nc(Cl)c1Br. The molecule has 21 heavy (non-hydrogen) atoms. The Morgan fingerprint density at radius 2 is 1.71 bits per heavy atom. The van der Waals surface area contributed by atoms with E-state index in [1.165, 1.54) is 0 Å². The Hall–Kier alpha value is -1.14. The molecule has 0 aliphatic heterocycles. The smallest absolute Gasteiger partial charge is 0.194 e. The average molecular weight is 380 g/mol. The van der Waals surface area contributed by atoms with Gasteiger partial charge in [0, 0.05) is 5.56 Å². The Morgan fingerprint density at radius 3 is 2.24 bits per heavy atom. The highest BCUT2D eigenvalue weighted by Gasteiger charge is 2.17. The third-order valence-electron chi connectivity index (χ3n) is 2.72. The predicted molar refractivity (Wildman–Crippen MR) is 78.6 cm³/mol. The molecule has 0 spiro atoms. The van der Waals surface area contributed by atoms with Gasteiger partial charge in [-0.25, -0.2) is 23.1 Å². The number of hydrogen-bond acceptors (Lipinski definition) is 2. The lowest BCUT2D eigenvalue weighted by molar-refractivity contribution is 0.447. The van der Waals surface area contributed by atoms with E-state index in [1.54, 1.807) is 0 Å². The number of hydrogen-bond donors (Lipinski definition) is 0. The highest BCUT2D eigenvalue weighted by Crippen LogP contribution is 2.29. The number of nitrogens with zero attached hydrogens (tertiary/aromatic N) is 2. The summed E-state index contributed by atoms with van der Waals surface area (Å²) in [5.41, 5.74) is 0.663. The van der Waals surface area contributed by atoms with Crippen molar-refractivity contribution in [1.82, 2.24) is 9.97 Å². The van der Waals surface area contributed by atoms with Crippen molar-refractivity contribution in [2.45, 2.75) is 20.3 Å². The molecule has 0 N–H and O–H groups in total. The summed E-state index contributed by atoms with van der Waals surface area (Å²) in [5, 5.41) is 0.140. The Morgan fingerprint density at radius 1 is 1.14 bits per heavy atom. The Labute approximate surface area is 133 Å². The van der Waals surface area contributed by atoms with Gasteiger partial charge >= 0.3 is 0 Å². The van der Waals surface area contributed by atoms with Gasteiger partial charge in [-0.05, 0) is 40.4 Å². The minimum absolute atomic E-state index is 0.0332. The first-order chi connectivity index (χ1) is 9.79. The van der Waals surface area contributed by atoms with Crippen molar-refractivity contribution in [3.8, 4) is 11.4 Å². The van der Waals surface area contributed by atoms with Crippen LogP contribution in [0.4, 0.5) is 13.2 Å². The lowest BCUT2D eigenvalue weighted by atomic mass is 10.1. The molecule has 0 radical (unpaired) electrons. The van der Waals surface area contributed by atoms with Crippen molar-refractivity contribution < 1.29 is 13.2 Å². The van der Waals surface area contributed by atoms with Crippen LogP contribution in [0.15, 0.2) is 16.6 Å². The van der Waals surface area contributed by atoms with Crippen molar-refractivity contribution >= 4 is 27.5 Å². The zero-order valence-corrected chi connectivity index (χ0v) is 13.6. The average Bonchev–Trinajstić information content (AvgIpc) is 2.39. The molecule has 1 heterocycles. The molecule has 0 atom stereocenters. The minimum Gasteiger partial charge on any atom is -0.232 e. The van der Waals surface area contributed by atoms with Gasteiger partial charge < -0.3 is 0 Å². The zero-order chi connectivity index (χ0) is 15.7. The molecule has 0 unspecified atom stereocenters. The number of benzene rings is 1. The van der Waals surface area contributed by atoms with E-state index in [-0.39, 0.29) is 16.5 Å². The maximum Gasteiger partial charge on any atom is 0.194 e. The van der Waals surface area contributed by atoms with Gasteiger partial charge in [-0.3, -0.25) is 0 Å². The van der Waals surface area contributed by atoms with E-state index in [0.717, 1.165) is 12.1 Å². The van der Waals surface area contributed by atoms with Gasteiger partial charge in [0.05, 0.1) is 10.2 Å². The molecule has 0 bridgehead atoms. The molecule has 2 rings (SSSR count). The van der Waals surface area contributed by atoms with E-state index in [0.29, 0.717) is 22.5 Å². The van der Waals surface area contributed by atoms with Crippen molar-refractivity contribution in [3.05, 3.63) is 44.9 Å². The molecule has 2 aromatic rings. The lowest BCUT2D eigenvalue weighted by Crippen LogP contribution is -2.03. The maximum atomic E-state index is 13.3. The molecule has 2 nitrogen and oxygen atoms in total. The first-order valence-corrected chi connectivity index (χ1v) is 7.33. The molecule has 0 saturated carbocycles. The molecule has 1 aromatic carbocycles. The monoisotopic (exact) mass is 378 g/mol. The molecule has 7 heteroatoms. The molecule has 0 saturated heterocycles. The molecule has 0 fully saturated rings. The van der Waals surface area contributed by atoms with Crippen LogP contribution >= 0.6 is 27.5 Å². The normalized spacial score (nSPS) is 11.2. The highest BCUT2D eigenvalue weighted by molar-refractivity contribution is 9.10. The van der Waals surface area contributed by atoms with Gasteiger partial charge in [-0.1, -0.05) is 25.4 Å². The molecular formula is C14H11BrClF3N2. The van der Waals surface area contributed by atoms with Gasteiger partial charge in [0.15, 0.2) is 23.3 Å². The predicted octanol–water partition coefficient (Wildman–Crippen LogP) is 5.18. The Balaban J connectivity index is 2.57. The quantitative estimate of drug-likeness (QED) is 0.543. The topological polar surface area (TPSA) is 25.8 Å². The third kappa shape index (κ3) is 3.55. The summed E-state index contributed by atoms with van der Waals surface area (Å²) < 4.78 is 40.1.